The van der Waals surface area contributed by atoms with Gasteiger partial charge in [0.15, 0.2) is 0 Å². The van der Waals surface area contributed by atoms with Gasteiger partial charge in [-0.25, -0.2) is 0 Å². The molecule has 0 unspecified atom stereocenters. The lowest BCUT2D eigenvalue weighted by molar-refractivity contribution is -0.132. The summed E-state index contributed by atoms with van der Waals surface area (Å²) in [4.78, 5) is 18.8. The van der Waals surface area contributed by atoms with E-state index in [0.29, 0.717) is 6.54 Å². The molecule has 0 bridgehead atoms. The highest BCUT2D eigenvalue weighted by Crippen LogP contribution is 2.13. The maximum Gasteiger partial charge on any atom is 0.236 e. The summed E-state index contributed by atoms with van der Waals surface area (Å²) in [6.07, 6.45) is 1.10. The van der Waals surface area contributed by atoms with Gasteiger partial charge in [-0.3, -0.25) is 14.6 Å². The van der Waals surface area contributed by atoms with Crippen molar-refractivity contribution in [3.63, 3.8) is 0 Å². The van der Waals surface area contributed by atoms with Crippen molar-refractivity contribution in [1.82, 2.24) is 14.7 Å². The molecule has 23 heavy (non-hydrogen) atoms. The summed E-state index contributed by atoms with van der Waals surface area (Å²) in [6, 6.07) is 8.33. The van der Waals surface area contributed by atoms with E-state index in [9.17, 15) is 4.79 Å². The molecule has 0 aromatic heterocycles. The highest BCUT2D eigenvalue weighted by atomic mass is 35.5. The topological polar surface area (TPSA) is 26.8 Å². The van der Waals surface area contributed by atoms with Crippen molar-refractivity contribution in [2.75, 3.05) is 39.8 Å². The Morgan fingerprint density at radius 2 is 1.74 bits per heavy atom. The fourth-order valence-electron chi connectivity index (χ4n) is 2.78. The molecule has 2 rings (SSSR count). The Morgan fingerprint density at radius 1 is 1.13 bits per heavy atom. The van der Waals surface area contributed by atoms with E-state index in [1.54, 1.807) is 0 Å². The van der Waals surface area contributed by atoms with Crippen LogP contribution in [-0.2, 0) is 11.3 Å². The molecule has 0 aliphatic carbocycles. The molecule has 1 aliphatic heterocycles. The van der Waals surface area contributed by atoms with Crippen LogP contribution >= 0.6 is 11.6 Å². The van der Waals surface area contributed by atoms with Crippen LogP contribution in [0.15, 0.2) is 24.3 Å². The smallest absolute Gasteiger partial charge is 0.236 e. The van der Waals surface area contributed by atoms with Crippen LogP contribution in [0.25, 0.3) is 0 Å². The predicted octanol–water partition coefficient (Wildman–Crippen LogP) is 2.71. The second-order valence-corrected chi connectivity index (χ2v) is 7.07. The zero-order valence-corrected chi connectivity index (χ0v) is 15.2. The van der Waals surface area contributed by atoms with Crippen molar-refractivity contribution in [2.24, 2.45) is 0 Å². The first-order chi connectivity index (χ1) is 11.0. The number of rotatable bonds is 5. The average Bonchev–Trinajstić information content (AvgIpc) is 2.74. The molecule has 1 amide bonds. The number of halogens is 1. The first-order valence-corrected chi connectivity index (χ1v) is 8.78. The fraction of sp³-hybridized carbons (Fsp3) is 0.611. The molecular formula is C18H28ClN3O. The summed E-state index contributed by atoms with van der Waals surface area (Å²) < 4.78 is 0. The number of benzene rings is 1. The van der Waals surface area contributed by atoms with Crippen LogP contribution in [0.2, 0.25) is 5.02 Å². The number of carbonyl (C=O) groups excluding carboxylic acids is 1. The fourth-order valence-corrected chi connectivity index (χ4v) is 2.91. The molecule has 0 saturated carbocycles. The molecule has 4 nitrogen and oxygen atoms in total. The molecule has 0 N–H and O–H groups in total. The van der Waals surface area contributed by atoms with Crippen molar-refractivity contribution in [1.29, 1.82) is 0 Å². The van der Waals surface area contributed by atoms with Crippen molar-refractivity contribution < 1.29 is 4.79 Å². The van der Waals surface area contributed by atoms with Gasteiger partial charge in [0, 0.05) is 37.7 Å². The number of hydrogen-bond acceptors (Lipinski definition) is 3. The Balaban J connectivity index is 1.82. The van der Waals surface area contributed by atoms with E-state index in [4.69, 9.17) is 11.6 Å². The zero-order valence-electron chi connectivity index (χ0n) is 14.5. The molecule has 1 aromatic carbocycles. The molecule has 128 valence electrons. The SMILES string of the molecule is CC(C)N(C)C(=O)CN1CCCN(Cc2ccc(Cl)cc2)CC1. The lowest BCUT2D eigenvalue weighted by Crippen LogP contribution is -2.42. The van der Waals surface area contributed by atoms with Gasteiger partial charge in [-0.05, 0) is 51.1 Å². The number of amides is 1. The Bertz CT molecular complexity index is 503. The zero-order chi connectivity index (χ0) is 16.8. The van der Waals surface area contributed by atoms with E-state index < -0.39 is 0 Å². The van der Waals surface area contributed by atoms with Gasteiger partial charge in [0.1, 0.15) is 0 Å². The summed E-state index contributed by atoms with van der Waals surface area (Å²) >= 11 is 5.94. The van der Waals surface area contributed by atoms with Gasteiger partial charge in [-0.15, -0.1) is 0 Å². The molecule has 0 spiro atoms. The van der Waals surface area contributed by atoms with Crippen LogP contribution in [0, 0.1) is 0 Å². The Hall–Kier alpha value is -1.10. The Morgan fingerprint density at radius 3 is 2.39 bits per heavy atom. The minimum atomic E-state index is 0.214. The van der Waals surface area contributed by atoms with Crippen molar-refractivity contribution >= 4 is 17.5 Å². The van der Waals surface area contributed by atoms with Crippen LogP contribution < -0.4 is 0 Å². The third-order valence-electron chi connectivity index (χ3n) is 4.53. The van der Waals surface area contributed by atoms with Crippen molar-refractivity contribution in [3.05, 3.63) is 34.9 Å². The monoisotopic (exact) mass is 337 g/mol. The molecule has 0 atom stereocenters. The molecule has 5 heteroatoms. The predicted molar refractivity (Wildman–Crippen MR) is 95.7 cm³/mol. The average molecular weight is 338 g/mol. The summed E-state index contributed by atoms with van der Waals surface area (Å²) in [6.45, 7) is 9.60. The molecule has 1 aliphatic rings. The number of nitrogens with zero attached hydrogens (tertiary/aromatic N) is 3. The van der Waals surface area contributed by atoms with Gasteiger partial charge < -0.3 is 4.90 Å². The highest BCUT2D eigenvalue weighted by Gasteiger charge is 2.19. The van der Waals surface area contributed by atoms with E-state index in [1.165, 1.54) is 5.56 Å². The molecule has 1 aromatic rings. The van der Waals surface area contributed by atoms with Crippen LogP contribution in [0.3, 0.4) is 0 Å². The van der Waals surface area contributed by atoms with E-state index in [-0.39, 0.29) is 11.9 Å². The maximum absolute atomic E-state index is 12.2. The van der Waals surface area contributed by atoms with Crippen molar-refractivity contribution in [2.45, 2.75) is 32.9 Å². The van der Waals surface area contributed by atoms with E-state index in [1.807, 2.05) is 37.9 Å². The number of hydrogen-bond donors (Lipinski definition) is 0. The van der Waals surface area contributed by atoms with E-state index in [2.05, 4.69) is 21.9 Å². The lowest BCUT2D eigenvalue weighted by Gasteiger charge is -2.26. The minimum absolute atomic E-state index is 0.214. The number of likely N-dealkylation sites (N-methyl/N-ethyl adjacent to an activating group) is 1. The van der Waals surface area contributed by atoms with Gasteiger partial charge >= 0.3 is 0 Å². The third kappa shape index (κ3) is 5.79. The van der Waals surface area contributed by atoms with Gasteiger partial charge in [-0.1, -0.05) is 23.7 Å². The first-order valence-electron chi connectivity index (χ1n) is 8.40. The standard InChI is InChI=1S/C18H28ClN3O/c1-15(2)20(3)18(23)14-22-10-4-9-21(11-12-22)13-16-5-7-17(19)8-6-16/h5-8,15H,4,9-14H2,1-3H3. The minimum Gasteiger partial charge on any atom is -0.342 e. The second kappa shape index (κ2) is 8.67. The second-order valence-electron chi connectivity index (χ2n) is 6.63. The normalized spacial score (nSPS) is 17.3. The maximum atomic E-state index is 12.2. The van der Waals surface area contributed by atoms with Crippen LogP contribution in [0.5, 0.6) is 0 Å². The summed E-state index contributed by atoms with van der Waals surface area (Å²) in [7, 11) is 1.89. The Kier molecular flexibility index (Phi) is 6.88. The third-order valence-corrected chi connectivity index (χ3v) is 4.78. The van der Waals surface area contributed by atoms with Gasteiger partial charge in [0.05, 0.1) is 6.54 Å². The number of carbonyl (C=O) groups is 1. The summed E-state index contributed by atoms with van der Waals surface area (Å²) in [5.74, 6) is 0.214. The molecule has 1 saturated heterocycles. The highest BCUT2D eigenvalue weighted by molar-refractivity contribution is 6.30. The largest absolute Gasteiger partial charge is 0.342 e. The van der Waals surface area contributed by atoms with Gasteiger partial charge in [0.25, 0.3) is 0 Å². The molecule has 1 heterocycles. The van der Waals surface area contributed by atoms with Crippen LogP contribution in [-0.4, -0.2) is 66.4 Å². The van der Waals surface area contributed by atoms with Crippen LogP contribution in [0.1, 0.15) is 25.8 Å². The van der Waals surface area contributed by atoms with Gasteiger partial charge in [0.2, 0.25) is 5.91 Å². The van der Waals surface area contributed by atoms with Gasteiger partial charge in [-0.2, -0.15) is 0 Å². The quantitative estimate of drug-likeness (QED) is 0.826. The van der Waals surface area contributed by atoms with Crippen molar-refractivity contribution in [3.8, 4) is 0 Å². The summed E-state index contributed by atoms with van der Waals surface area (Å²) in [5, 5.41) is 0.781. The summed E-state index contributed by atoms with van der Waals surface area (Å²) in [5.41, 5.74) is 1.29. The molecule has 1 fully saturated rings. The molecular weight excluding hydrogens is 310 g/mol. The lowest BCUT2D eigenvalue weighted by atomic mass is 10.2. The van der Waals surface area contributed by atoms with E-state index >= 15 is 0 Å². The van der Waals surface area contributed by atoms with Crippen LogP contribution in [0.4, 0.5) is 0 Å². The molecule has 0 radical (unpaired) electrons. The first kappa shape index (κ1) is 18.2. The Labute approximate surface area is 145 Å². The van der Waals surface area contributed by atoms with E-state index in [0.717, 1.165) is 44.2 Å².